The monoisotopic (exact) mass is 268 g/mol. The van der Waals surface area contributed by atoms with Gasteiger partial charge in [-0.15, -0.1) is 10.2 Å². The first-order valence-electron chi connectivity index (χ1n) is 6.48. The zero-order valence-electron chi connectivity index (χ0n) is 11.5. The Morgan fingerprint density at radius 1 is 1.30 bits per heavy atom. The normalized spacial score (nSPS) is 12.8. The molecule has 0 saturated carbocycles. The van der Waals surface area contributed by atoms with E-state index in [-0.39, 0.29) is 6.04 Å². The number of rotatable bonds is 3. The number of para-hydroxylation sites is 1. The Morgan fingerprint density at radius 3 is 2.85 bits per heavy atom. The molecule has 0 fully saturated rings. The highest BCUT2D eigenvalue weighted by Gasteiger charge is 2.13. The van der Waals surface area contributed by atoms with E-state index in [1.165, 1.54) is 10.4 Å². The third-order valence-electron chi connectivity index (χ3n) is 3.27. The fourth-order valence-corrected chi connectivity index (χ4v) is 2.27. The zero-order chi connectivity index (χ0) is 14.1. The molecule has 0 saturated heterocycles. The van der Waals surface area contributed by atoms with Crippen LogP contribution in [0.5, 0.6) is 0 Å². The third kappa shape index (κ3) is 2.37. The van der Waals surface area contributed by atoms with Crippen molar-refractivity contribution in [1.29, 1.82) is 0 Å². The van der Waals surface area contributed by atoms with Crippen molar-refractivity contribution in [1.82, 2.24) is 25.2 Å². The predicted molar refractivity (Wildman–Crippen MR) is 75.9 cm³/mol. The molecule has 0 aliphatic heterocycles. The summed E-state index contributed by atoms with van der Waals surface area (Å²) in [6.45, 7) is 2.07. The van der Waals surface area contributed by atoms with Gasteiger partial charge in [0.1, 0.15) is 0 Å². The molecule has 1 aromatic carbocycles. The molecule has 0 radical (unpaired) electrons. The van der Waals surface area contributed by atoms with Crippen LogP contribution in [0.1, 0.15) is 23.1 Å². The number of benzene rings is 1. The summed E-state index contributed by atoms with van der Waals surface area (Å²) in [7, 11) is 1.74. The van der Waals surface area contributed by atoms with Crippen LogP contribution in [-0.4, -0.2) is 25.2 Å². The highest BCUT2D eigenvalue weighted by Crippen LogP contribution is 2.21. The molecule has 102 valence electrons. The first kappa shape index (κ1) is 12.7. The smallest absolute Gasteiger partial charge is 0.176 e. The van der Waals surface area contributed by atoms with Crippen molar-refractivity contribution in [3.63, 3.8) is 0 Å². The van der Waals surface area contributed by atoms with Crippen molar-refractivity contribution >= 4 is 10.9 Å². The average molecular weight is 268 g/mol. The molecule has 2 heterocycles. The van der Waals surface area contributed by atoms with Crippen molar-refractivity contribution in [2.45, 2.75) is 19.4 Å². The van der Waals surface area contributed by atoms with Gasteiger partial charge < -0.3 is 5.73 Å². The Hall–Kier alpha value is -2.34. The summed E-state index contributed by atoms with van der Waals surface area (Å²) in [6, 6.07) is 9.86. The molecule has 2 N–H and O–H groups in total. The van der Waals surface area contributed by atoms with E-state index in [0.29, 0.717) is 12.2 Å². The fourth-order valence-electron chi connectivity index (χ4n) is 2.27. The summed E-state index contributed by atoms with van der Waals surface area (Å²) >= 11 is 0. The maximum absolute atomic E-state index is 6.22. The molecular weight excluding hydrogens is 252 g/mol. The minimum absolute atomic E-state index is 0.234. The lowest BCUT2D eigenvalue weighted by Crippen LogP contribution is -2.16. The minimum atomic E-state index is -0.234. The van der Waals surface area contributed by atoms with E-state index in [4.69, 9.17) is 5.73 Å². The maximum atomic E-state index is 6.22. The van der Waals surface area contributed by atoms with Crippen LogP contribution < -0.4 is 5.73 Å². The Morgan fingerprint density at radius 2 is 2.10 bits per heavy atom. The van der Waals surface area contributed by atoms with Crippen molar-refractivity contribution in [2.75, 3.05) is 0 Å². The van der Waals surface area contributed by atoms with Gasteiger partial charge in [0.25, 0.3) is 0 Å². The first-order valence-corrected chi connectivity index (χ1v) is 6.48. The fraction of sp³-hybridized carbons (Fsp3) is 0.286. The summed E-state index contributed by atoms with van der Waals surface area (Å²) in [5, 5.41) is 13.1. The maximum Gasteiger partial charge on any atom is 0.176 e. The molecule has 0 bridgehead atoms. The van der Waals surface area contributed by atoms with Gasteiger partial charge in [0, 0.05) is 11.8 Å². The van der Waals surface area contributed by atoms with Gasteiger partial charge in [0.15, 0.2) is 5.82 Å². The number of aromatic nitrogens is 5. The summed E-state index contributed by atoms with van der Waals surface area (Å²) < 4.78 is 0. The van der Waals surface area contributed by atoms with Crippen LogP contribution in [-0.2, 0) is 13.5 Å². The van der Waals surface area contributed by atoms with Crippen LogP contribution in [0, 0.1) is 6.92 Å². The number of nitrogens with zero attached hydrogens (tertiary/aromatic N) is 5. The lowest BCUT2D eigenvalue weighted by Gasteiger charge is -2.11. The number of aryl methyl sites for hydroxylation is 2. The summed E-state index contributed by atoms with van der Waals surface area (Å²) in [4.78, 5) is 6.06. The molecular formula is C14H16N6. The Kier molecular flexibility index (Phi) is 3.15. The van der Waals surface area contributed by atoms with Crippen LogP contribution in [0.4, 0.5) is 0 Å². The van der Waals surface area contributed by atoms with Crippen molar-refractivity contribution in [3.8, 4) is 0 Å². The molecule has 6 heteroatoms. The summed E-state index contributed by atoms with van der Waals surface area (Å²) in [6.07, 6.45) is 0.526. The summed E-state index contributed by atoms with van der Waals surface area (Å²) in [5.74, 6) is 0.632. The van der Waals surface area contributed by atoms with Crippen molar-refractivity contribution < 1.29 is 0 Å². The predicted octanol–water partition coefficient (Wildman–Crippen LogP) is 1.31. The molecule has 0 aliphatic carbocycles. The molecule has 0 aliphatic rings. The highest BCUT2D eigenvalue weighted by atomic mass is 15.6. The van der Waals surface area contributed by atoms with Gasteiger partial charge >= 0.3 is 0 Å². The third-order valence-corrected chi connectivity index (χ3v) is 3.27. The number of hydrogen-bond acceptors (Lipinski definition) is 5. The van der Waals surface area contributed by atoms with E-state index in [0.717, 1.165) is 16.6 Å². The second-order valence-electron chi connectivity index (χ2n) is 4.89. The number of pyridine rings is 1. The number of nitrogens with two attached hydrogens (primary N) is 1. The quantitative estimate of drug-likeness (QED) is 0.774. The van der Waals surface area contributed by atoms with Gasteiger partial charge in [-0.2, -0.15) is 4.80 Å². The second-order valence-corrected chi connectivity index (χ2v) is 4.89. The number of fused-ring (bicyclic) bond motifs is 1. The molecule has 1 unspecified atom stereocenters. The van der Waals surface area contributed by atoms with E-state index < -0.39 is 0 Å². The zero-order valence-corrected chi connectivity index (χ0v) is 11.5. The Labute approximate surface area is 116 Å². The lowest BCUT2D eigenvalue weighted by molar-refractivity contribution is 0.621. The average Bonchev–Trinajstić information content (AvgIpc) is 2.84. The molecule has 20 heavy (non-hydrogen) atoms. The number of hydrogen-bond donors (Lipinski definition) is 1. The number of tetrazole rings is 1. The second kappa shape index (κ2) is 4.97. The van der Waals surface area contributed by atoms with Gasteiger partial charge in [-0.3, -0.25) is 4.98 Å². The molecule has 0 amide bonds. The molecule has 3 rings (SSSR count). The van der Waals surface area contributed by atoms with E-state index in [1.807, 2.05) is 24.3 Å². The van der Waals surface area contributed by atoms with E-state index in [1.54, 1.807) is 7.05 Å². The molecule has 1 atom stereocenters. The van der Waals surface area contributed by atoms with Crippen molar-refractivity contribution in [3.05, 3.63) is 47.4 Å². The van der Waals surface area contributed by atoms with Crippen LogP contribution in [0.15, 0.2) is 30.3 Å². The highest BCUT2D eigenvalue weighted by molar-refractivity contribution is 5.82. The van der Waals surface area contributed by atoms with E-state index in [9.17, 15) is 0 Å². The summed E-state index contributed by atoms with van der Waals surface area (Å²) in [5.41, 5.74) is 9.21. The van der Waals surface area contributed by atoms with Gasteiger partial charge in [0.05, 0.1) is 24.3 Å². The van der Waals surface area contributed by atoms with Gasteiger partial charge in [-0.25, -0.2) is 0 Å². The molecule has 2 aromatic heterocycles. The topological polar surface area (TPSA) is 82.5 Å². The van der Waals surface area contributed by atoms with Gasteiger partial charge in [-0.05, 0) is 29.8 Å². The van der Waals surface area contributed by atoms with Gasteiger partial charge in [-0.1, -0.05) is 18.2 Å². The van der Waals surface area contributed by atoms with Crippen molar-refractivity contribution in [2.24, 2.45) is 12.8 Å². The van der Waals surface area contributed by atoms with Crippen LogP contribution in [0.25, 0.3) is 10.9 Å². The minimum Gasteiger partial charge on any atom is -0.322 e. The SMILES string of the molecule is Cc1cc(C(N)Cc2nnn(C)n2)nc2ccccc12. The standard InChI is InChI=1S/C14H16N6/c1-9-7-13(16-12-6-4-3-5-10(9)12)11(15)8-14-17-19-20(2)18-14/h3-7,11H,8,15H2,1-2H3. The van der Waals surface area contributed by atoms with E-state index in [2.05, 4.69) is 33.4 Å². The van der Waals surface area contributed by atoms with Crippen LogP contribution >= 0.6 is 0 Å². The van der Waals surface area contributed by atoms with Crippen LogP contribution in [0.3, 0.4) is 0 Å². The first-order chi connectivity index (χ1) is 9.63. The van der Waals surface area contributed by atoms with Gasteiger partial charge in [0.2, 0.25) is 0 Å². The molecule has 3 aromatic rings. The molecule has 6 nitrogen and oxygen atoms in total. The van der Waals surface area contributed by atoms with E-state index >= 15 is 0 Å². The largest absolute Gasteiger partial charge is 0.322 e. The lowest BCUT2D eigenvalue weighted by atomic mass is 10.0. The Bertz CT molecular complexity index is 748. The molecule has 0 spiro atoms. The van der Waals surface area contributed by atoms with Crippen LogP contribution in [0.2, 0.25) is 0 Å². The Balaban J connectivity index is 1.93.